The molecule has 5 aliphatic carbocycles. The molecule has 0 saturated carbocycles. The average molecular weight is 2680 g/mol. The number of fused-ring (bicyclic) bond motifs is 5. The number of ether oxygens (including phenoxy) is 1. The number of carbonyl (C=O) groups excluding carboxylic acids is 5. The van der Waals surface area contributed by atoms with Gasteiger partial charge >= 0.3 is 0 Å². The van der Waals surface area contributed by atoms with Crippen molar-refractivity contribution in [3.05, 3.63) is 329 Å². The molecule has 4 amide bonds. The van der Waals surface area contributed by atoms with Crippen LogP contribution in [0.3, 0.4) is 0 Å². The number of nitrogens with two attached hydrogens (primary N) is 3. The summed E-state index contributed by atoms with van der Waals surface area (Å²) < 4.78 is 30.3. The van der Waals surface area contributed by atoms with E-state index in [0.29, 0.717) is 40.6 Å². The van der Waals surface area contributed by atoms with Gasteiger partial charge in [-0.1, -0.05) is 337 Å². The topological polar surface area (TPSA) is 231 Å². The Hall–Kier alpha value is -13.2. The molecule has 1 heterocycles. The maximum Gasteiger partial charge on any atom is 0.248 e. The standard InChI is InChI=1S/C18H16NO3S.C18H16NOS.2C17H15NOS.C17H17NS.C4H8O.C2H3O.10C2H6.B.3Rf/c20-13-19-12-15-6-4-5-14-11-17(9-10-18(14)15)23(21,22)16-7-2-1-3-8-16;20-13-19-12-15-6-4-5-14-11-17(9-10-18(14)15)21-16-7-2-1-3-8-16;2*18-17(19)16-8-4-5-12-11-14(9-10-15(12)16)20-13-6-2-1-3-7-13;18-12-14-6-4-5-13-11-16(9-10-17(13)14)19-15-7-2-1-3-8-15;1-2-4-5-3-1;1-2-3;10*1-2;;;;/h1-3,6-11H,4-5,12H2,(H,19,20);1-3,6-11H,4-5,12H2,(H,19,20);2*1-3,6-11H,4-5H2,(H2,18,19);1-3,6-11H,4-5,12,18H2;1-4H2;1H3;10*1-2H3;;;;/q2*-1;;;;;-1;;;;;;;;;;;;;;. The maximum absolute atomic E-state index is 12.7. The van der Waals surface area contributed by atoms with E-state index in [9.17, 15) is 27.6 Å². The second-order valence-corrected chi connectivity index (χ2v) is 32.6. The quantitative estimate of drug-likeness (QED) is 0.0288. The molecule has 0 aromatic heterocycles. The Balaban J connectivity index is -0.000000484. The average Bonchev–Trinajstić information content (AvgIpc) is 1.22. The fourth-order valence-electron chi connectivity index (χ4n) is 13.3. The molecule has 135 heavy (non-hydrogen) atoms. The fraction of sp³-hybridized carbons (Fsp3) is 0.336. The summed E-state index contributed by atoms with van der Waals surface area (Å²) in [5.41, 5.74) is 33.2. The van der Waals surface area contributed by atoms with Gasteiger partial charge in [-0.15, -0.1) is 0 Å². The van der Waals surface area contributed by atoms with E-state index in [0.717, 1.165) is 105 Å². The zero-order valence-corrected chi connectivity index (χ0v) is 108. The minimum atomic E-state index is -3.50. The van der Waals surface area contributed by atoms with E-state index < -0.39 is 9.84 Å². The molecule has 0 spiro atoms. The number of benzene rings is 10. The minimum absolute atomic E-state index is 0. The van der Waals surface area contributed by atoms with Crippen LogP contribution in [0, 0.1) is 0 Å². The van der Waals surface area contributed by atoms with Crippen molar-refractivity contribution in [3.8, 4) is 0 Å². The first kappa shape index (κ1) is 130. The van der Waals surface area contributed by atoms with E-state index >= 15 is 0 Å². The van der Waals surface area contributed by atoms with Gasteiger partial charge in [-0.3, -0.25) is 15.9 Å². The predicted octanol–water partition coefficient (Wildman–Crippen LogP) is 28.6. The Labute approximate surface area is 815 Å². The van der Waals surface area contributed by atoms with Gasteiger partial charge in [0.05, 0.1) is 9.79 Å². The van der Waals surface area contributed by atoms with Crippen LogP contribution in [0.4, 0.5) is 0 Å². The van der Waals surface area contributed by atoms with Crippen molar-refractivity contribution in [3.63, 3.8) is 0 Å². The van der Waals surface area contributed by atoms with Crippen LogP contribution in [0.5, 0.6) is 0 Å². The largest absolute Gasteiger partial charge is 0.542 e. The van der Waals surface area contributed by atoms with E-state index in [1.807, 2.05) is 223 Å². The van der Waals surface area contributed by atoms with Crippen LogP contribution in [0.15, 0.2) is 322 Å². The van der Waals surface area contributed by atoms with Crippen molar-refractivity contribution in [2.45, 2.75) is 271 Å². The van der Waals surface area contributed by atoms with Gasteiger partial charge in [-0.25, -0.2) is 8.42 Å². The number of aryl methyl sites for hydroxylation is 5. The second-order valence-electron chi connectivity index (χ2n) is 26.1. The summed E-state index contributed by atoms with van der Waals surface area (Å²) in [6, 6.07) is 80.9. The summed E-state index contributed by atoms with van der Waals surface area (Å²) in [7, 11) is -3.50. The molecule has 1 fully saturated rings. The maximum atomic E-state index is 12.7. The van der Waals surface area contributed by atoms with Gasteiger partial charge < -0.3 is 47.0 Å². The molecule has 8 N–H and O–H groups in total. The first-order valence-corrected chi connectivity index (χ1v) is 51.7. The van der Waals surface area contributed by atoms with Gasteiger partial charge in [0, 0.05) is 91.6 Å². The van der Waals surface area contributed by atoms with Crippen molar-refractivity contribution in [2.75, 3.05) is 32.8 Å². The van der Waals surface area contributed by atoms with E-state index in [4.69, 9.17) is 26.7 Å². The summed E-state index contributed by atoms with van der Waals surface area (Å²) in [5, 5.41) is 5.17. The summed E-state index contributed by atoms with van der Waals surface area (Å²) >= 11 is 7.07. The molecule has 1 aliphatic heterocycles. The Bertz CT molecular complexity index is 4970. The second kappa shape index (κ2) is 81.5. The molecule has 16 rings (SSSR count). The third-order valence-corrected chi connectivity index (χ3v) is 24.3. The van der Waals surface area contributed by atoms with Gasteiger partial charge in [-0.05, 0) is 271 Å². The third kappa shape index (κ3) is 45.9. The van der Waals surface area contributed by atoms with Gasteiger partial charge in [0.2, 0.25) is 21.7 Å². The number of hydrogen-bond acceptors (Lipinski definition) is 13. The number of sulfone groups is 1. The Morgan fingerprint density at radius 1 is 0.333 bits per heavy atom. The van der Waals surface area contributed by atoms with Crippen LogP contribution in [0.2, 0.25) is 0 Å². The van der Waals surface area contributed by atoms with E-state index in [1.54, 1.807) is 90.6 Å². The van der Waals surface area contributed by atoms with Crippen molar-refractivity contribution < 1.29 is 37.1 Å². The summed E-state index contributed by atoms with van der Waals surface area (Å²) in [4.78, 5) is 62.8. The van der Waals surface area contributed by atoms with Crippen LogP contribution in [-0.2, 0) is 70.7 Å². The van der Waals surface area contributed by atoms with Gasteiger partial charge in [-0.2, -0.15) is 19.7 Å². The third-order valence-electron chi connectivity index (χ3n) is 18.5. The molecular weight excluding hydrogens is 2530 g/mol. The normalized spacial score (nSPS) is 11.8. The monoisotopic (exact) mass is 2680 g/mol. The number of allylic oxidation sites excluding steroid dienone is 5. The van der Waals surface area contributed by atoms with Gasteiger partial charge in [0.1, 0.15) is 0 Å². The molecule has 22 heteroatoms. The Morgan fingerprint density at radius 2 is 0.578 bits per heavy atom. The van der Waals surface area contributed by atoms with E-state index in [-0.39, 0.29) is 20.2 Å². The smallest absolute Gasteiger partial charge is 0.248 e. The molecule has 3 radical (unpaired) electrons. The van der Waals surface area contributed by atoms with Gasteiger partial charge in [0.15, 0.2) is 0 Å². The predicted molar refractivity (Wildman–Crippen MR) is 573 cm³/mol. The molecule has 6 aliphatic rings. The summed E-state index contributed by atoms with van der Waals surface area (Å²) in [6.45, 7) is 44.9. The molecule has 13 nitrogen and oxygen atoms in total. The van der Waals surface area contributed by atoms with E-state index in [2.05, 4.69) is 168 Å². The van der Waals surface area contributed by atoms with Crippen molar-refractivity contribution >= 4 is 124 Å². The molecular formula is C113H150BN5O8Rf3S5-3. The Kier molecular flexibility index (Phi) is 78.7. The SMILES string of the molecule is C1CCOC1.CC.CC.CC.CC.CC.CC.CC.CC.CC.CC.C[C-]=O.NC(=O)C1=CCCc2cc(Sc3ccccc3)ccc21.NC(=O)C1=CCCc2cc(Sc3ccccc3)ccc21.NCC1=CCCc2cc(Sc3ccccc3)ccc21.O=[C-]NCC1=CCCc2cc(S(=O)(=O)c3ccccc3)ccc21.O=[C-]NCC1=CCCc2cc(Sc3ccccc3)ccc21.[B].[Rf].[Rf].[Rf]. The zero-order valence-electron chi connectivity index (χ0n) is 84.7. The summed E-state index contributed by atoms with van der Waals surface area (Å²) in [6.07, 6.45) is 27.5. The van der Waals surface area contributed by atoms with Crippen LogP contribution in [-0.4, -0.2) is 80.6 Å². The summed E-state index contributed by atoms with van der Waals surface area (Å²) in [5.74, 6) is -0.677. The zero-order chi connectivity index (χ0) is 98.0. The van der Waals surface area contributed by atoms with Crippen molar-refractivity contribution in [1.29, 1.82) is 0 Å². The number of hydrogen-bond donors (Lipinski definition) is 5. The molecule has 0 unspecified atom stereocenters. The number of primary amides is 2. The van der Waals surface area contributed by atoms with Gasteiger partial charge in [0.25, 0.3) is 0 Å². The molecule has 717 valence electrons. The Morgan fingerprint density at radius 3 is 0.844 bits per heavy atom. The van der Waals surface area contributed by atoms with Crippen molar-refractivity contribution in [2.24, 2.45) is 17.2 Å². The van der Waals surface area contributed by atoms with Crippen LogP contribution in [0.25, 0.3) is 27.9 Å². The molecule has 0 atom stereocenters. The molecule has 1 saturated heterocycles. The van der Waals surface area contributed by atoms with Crippen LogP contribution >= 0.6 is 47.0 Å². The first-order valence-electron chi connectivity index (χ1n) is 47.0. The number of rotatable bonds is 19. The van der Waals surface area contributed by atoms with Crippen molar-refractivity contribution in [1.82, 2.24) is 10.6 Å². The number of nitrogens with one attached hydrogen (secondary N) is 2. The molecule has 10 aromatic rings. The van der Waals surface area contributed by atoms with Crippen LogP contribution < -0.4 is 27.8 Å². The van der Waals surface area contributed by atoms with Crippen LogP contribution in [0.1, 0.15) is 246 Å². The fourth-order valence-corrected chi connectivity index (χ4v) is 18.2. The number of carbonyl (C=O) groups is 2. The van der Waals surface area contributed by atoms with E-state index in [1.165, 1.54) is 110 Å². The molecule has 0 bridgehead atoms. The first-order chi connectivity index (χ1) is 64.2. The number of amides is 4. The minimum Gasteiger partial charge on any atom is -0.542 e. The molecule has 10 aromatic carbocycles.